The van der Waals surface area contributed by atoms with Crippen LogP contribution in [-0.2, 0) is 0 Å². The first-order valence-electron chi connectivity index (χ1n) is 5.96. The predicted molar refractivity (Wildman–Crippen MR) is 79.6 cm³/mol. The third-order valence-electron chi connectivity index (χ3n) is 3.07. The van der Waals surface area contributed by atoms with E-state index in [1.165, 1.54) is 0 Å². The van der Waals surface area contributed by atoms with Gasteiger partial charge < -0.3 is 0 Å². The molecule has 2 aromatic carbocycles. The first-order chi connectivity index (χ1) is 9.65. The zero-order chi connectivity index (χ0) is 14.5. The number of nitriles is 2. The summed E-state index contributed by atoms with van der Waals surface area (Å²) in [5.41, 5.74) is 1.55. The molecule has 0 aliphatic rings. The highest BCUT2D eigenvalue weighted by Gasteiger charge is 2.24. The van der Waals surface area contributed by atoms with Crippen molar-refractivity contribution in [3.8, 4) is 12.1 Å². The Balaban J connectivity index is 2.38. The Hall–Kier alpha value is -2.00. The third kappa shape index (κ3) is 3.11. The summed E-state index contributed by atoms with van der Waals surface area (Å²) in [4.78, 5) is 0. The van der Waals surface area contributed by atoms with Crippen LogP contribution in [0.3, 0.4) is 0 Å². The molecule has 0 bridgehead atoms. The van der Waals surface area contributed by atoms with Gasteiger partial charge in [0.05, 0.1) is 24.0 Å². The van der Waals surface area contributed by atoms with Crippen molar-refractivity contribution in [2.24, 2.45) is 0 Å². The lowest BCUT2D eigenvalue weighted by Crippen LogP contribution is -2.08. The van der Waals surface area contributed by atoms with E-state index in [1.54, 1.807) is 48.5 Å². The van der Waals surface area contributed by atoms with Crippen LogP contribution in [0.5, 0.6) is 0 Å². The quantitative estimate of drug-likeness (QED) is 0.808. The monoisotopic (exact) mass is 300 g/mol. The summed E-state index contributed by atoms with van der Waals surface area (Å²) in [6, 6.07) is 18.4. The molecule has 0 spiro atoms. The second-order valence-electron chi connectivity index (χ2n) is 4.32. The Bertz CT molecular complexity index is 602. The smallest absolute Gasteiger partial charge is 0.0912 e. The number of rotatable bonds is 3. The molecule has 2 aromatic rings. The second kappa shape index (κ2) is 6.44. The van der Waals surface area contributed by atoms with Crippen LogP contribution in [0.15, 0.2) is 48.5 Å². The molecule has 2 rings (SSSR count). The van der Waals surface area contributed by atoms with Crippen molar-refractivity contribution in [2.45, 2.75) is 11.8 Å². The van der Waals surface area contributed by atoms with E-state index in [4.69, 9.17) is 23.2 Å². The van der Waals surface area contributed by atoms with E-state index in [0.717, 1.165) is 11.1 Å². The maximum atomic E-state index is 9.41. The Morgan fingerprint density at radius 2 is 0.950 bits per heavy atom. The summed E-state index contributed by atoms with van der Waals surface area (Å²) >= 11 is 11.7. The molecule has 2 atom stereocenters. The molecule has 0 radical (unpaired) electrons. The van der Waals surface area contributed by atoms with Crippen molar-refractivity contribution >= 4 is 23.2 Å². The van der Waals surface area contributed by atoms with E-state index < -0.39 is 11.8 Å². The van der Waals surface area contributed by atoms with Gasteiger partial charge >= 0.3 is 0 Å². The lowest BCUT2D eigenvalue weighted by Gasteiger charge is -2.16. The Morgan fingerprint density at radius 1 is 0.650 bits per heavy atom. The molecule has 0 heterocycles. The summed E-state index contributed by atoms with van der Waals surface area (Å²) in [7, 11) is 0. The molecule has 20 heavy (non-hydrogen) atoms. The third-order valence-corrected chi connectivity index (χ3v) is 3.57. The maximum absolute atomic E-state index is 9.41. The molecular formula is C16H10Cl2N2. The van der Waals surface area contributed by atoms with Gasteiger partial charge in [-0.3, -0.25) is 0 Å². The van der Waals surface area contributed by atoms with E-state index >= 15 is 0 Å². The molecule has 0 amide bonds. The Kier molecular flexibility index (Phi) is 4.64. The summed E-state index contributed by atoms with van der Waals surface area (Å²) in [6.45, 7) is 0. The minimum atomic E-state index is -0.543. The van der Waals surface area contributed by atoms with Crippen LogP contribution in [0.1, 0.15) is 23.0 Å². The highest BCUT2D eigenvalue weighted by atomic mass is 35.5. The highest BCUT2D eigenvalue weighted by Crippen LogP contribution is 2.33. The van der Waals surface area contributed by atoms with E-state index in [1.807, 2.05) is 0 Å². The topological polar surface area (TPSA) is 47.6 Å². The summed E-state index contributed by atoms with van der Waals surface area (Å²) in [5.74, 6) is -1.09. The van der Waals surface area contributed by atoms with E-state index in [0.29, 0.717) is 10.0 Å². The normalized spacial score (nSPS) is 13.0. The van der Waals surface area contributed by atoms with Crippen LogP contribution >= 0.6 is 23.2 Å². The van der Waals surface area contributed by atoms with Gasteiger partial charge in [-0.05, 0) is 35.4 Å². The fraction of sp³-hybridized carbons (Fsp3) is 0.125. The molecule has 2 nitrogen and oxygen atoms in total. The molecule has 98 valence electrons. The van der Waals surface area contributed by atoms with Crippen LogP contribution in [0.4, 0.5) is 0 Å². The zero-order valence-corrected chi connectivity index (χ0v) is 11.9. The average Bonchev–Trinajstić information content (AvgIpc) is 2.47. The minimum absolute atomic E-state index is 0.543. The van der Waals surface area contributed by atoms with Crippen LogP contribution < -0.4 is 0 Å². The molecule has 4 heteroatoms. The van der Waals surface area contributed by atoms with Crippen LogP contribution in [0.2, 0.25) is 10.0 Å². The molecular weight excluding hydrogens is 291 g/mol. The number of hydrogen-bond acceptors (Lipinski definition) is 2. The lowest BCUT2D eigenvalue weighted by atomic mass is 9.83. The van der Waals surface area contributed by atoms with Gasteiger partial charge in [0.1, 0.15) is 0 Å². The zero-order valence-electron chi connectivity index (χ0n) is 10.4. The van der Waals surface area contributed by atoms with Crippen molar-refractivity contribution in [1.82, 2.24) is 0 Å². The number of halogens is 2. The number of nitrogens with zero attached hydrogens (tertiary/aromatic N) is 2. The molecule has 2 unspecified atom stereocenters. The SMILES string of the molecule is N#CC(c1ccc(Cl)cc1)C(C#N)c1ccc(Cl)cc1. The predicted octanol–water partition coefficient (Wildman–Crippen LogP) is 4.91. The van der Waals surface area contributed by atoms with Gasteiger partial charge in [0, 0.05) is 10.0 Å². The largest absolute Gasteiger partial charge is 0.198 e. The van der Waals surface area contributed by atoms with E-state index in [-0.39, 0.29) is 0 Å². The summed E-state index contributed by atoms with van der Waals surface area (Å²) in [5, 5.41) is 20.0. The number of hydrogen-bond donors (Lipinski definition) is 0. The van der Waals surface area contributed by atoms with Gasteiger partial charge in [-0.15, -0.1) is 0 Å². The molecule has 0 saturated heterocycles. The molecule has 0 saturated carbocycles. The van der Waals surface area contributed by atoms with Crippen molar-refractivity contribution in [3.05, 3.63) is 69.7 Å². The average molecular weight is 301 g/mol. The lowest BCUT2D eigenvalue weighted by molar-refractivity contribution is 0.761. The fourth-order valence-corrected chi connectivity index (χ4v) is 2.28. The van der Waals surface area contributed by atoms with Gasteiger partial charge in [0.2, 0.25) is 0 Å². The summed E-state index contributed by atoms with van der Waals surface area (Å²) in [6.07, 6.45) is 0. The standard InChI is InChI=1S/C16H10Cl2N2/c17-13-5-1-11(2-6-13)15(9-19)16(10-20)12-3-7-14(18)8-4-12/h1-8,15-16H. The van der Waals surface area contributed by atoms with Crippen molar-refractivity contribution < 1.29 is 0 Å². The molecule has 0 aromatic heterocycles. The fourth-order valence-electron chi connectivity index (χ4n) is 2.02. The summed E-state index contributed by atoms with van der Waals surface area (Å²) < 4.78 is 0. The number of benzene rings is 2. The van der Waals surface area contributed by atoms with Gasteiger partial charge in [0.25, 0.3) is 0 Å². The second-order valence-corrected chi connectivity index (χ2v) is 5.19. The minimum Gasteiger partial charge on any atom is -0.198 e. The van der Waals surface area contributed by atoms with Gasteiger partial charge in [-0.2, -0.15) is 10.5 Å². The van der Waals surface area contributed by atoms with Crippen molar-refractivity contribution in [3.63, 3.8) is 0 Å². The van der Waals surface area contributed by atoms with Crippen LogP contribution in [0.25, 0.3) is 0 Å². The maximum Gasteiger partial charge on any atom is 0.0912 e. The Morgan fingerprint density at radius 3 is 1.20 bits per heavy atom. The highest BCUT2D eigenvalue weighted by molar-refractivity contribution is 6.30. The van der Waals surface area contributed by atoms with Crippen molar-refractivity contribution in [1.29, 1.82) is 10.5 Å². The molecule has 0 fully saturated rings. The van der Waals surface area contributed by atoms with Gasteiger partial charge in [-0.1, -0.05) is 47.5 Å². The Labute approximate surface area is 127 Å². The first kappa shape index (κ1) is 14.4. The van der Waals surface area contributed by atoms with Crippen LogP contribution in [0, 0.1) is 22.7 Å². The first-order valence-corrected chi connectivity index (χ1v) is 6.71. The molecule has 0 aliphatic heterocycles. The van der Waals surface area contributed by atoms with E-state index in [9.17, 15) is 10.5 Å². The van der Waals surface area contributed by atoms with Gasteiger partial charge in [0.15, 0.2) is 0 Å². The van der Waals surface area contributed by atoms with Crippen molar-refractivity contribution in [2.75, 3.05) is 0 Å². The van der Waals surface area contributed by atoms with Gasteiger partial charge in [-0.25, -0.2) is 0 Å². The molecule has 0 N–H and O–H groups in total. The van der Waals surface area contributed by atoms with Crippen LogP contribution in [-0.4, -0.2) is 0 Å². The van der Waals surface area contributed by atoms with E-state index in [2.05, 4.69) is 12.1 Å². The molecule has 0 aliphatic carbocycles.